The van der Waals surface area contributed by atoms with Crippen LogP contribution in [0.3, 0.4) is 0 Å². The molecule has 104 valence electrons. The maximum atomic E-state index is 11.9. The number of carboxylic acid groups (broad SMARTS) is 1. The lowest BCUT2D eigenvalue weighted by molar-refractivity contribution is -0.139. The summed E-state index contributed by atoms with van der Waals surface area (Å²) in [5.74, 6) is -1.48. The quantitative estimate of drug-likeness (QED) is 0.817. The van der Waals surface area contributed by atoms with Crippen LogP contribution in [0.15, 0.2) is 23.1 Å². The zero-order valence-electron chi connectivity index (χ0n) is 11.2. The fourth-order valence-corrected chi connectivity index (χ4v) is 1.62. The number of rotatable bonds is 5. The van der Waals surface area contributed by atoms with Gasteiger partial charge in [0, 0.05) is 24.9 Å². The van der Waals surface area contributed by atoms with Crippen LogP contribution in [-0.4, -0.2) is 27.6 Å². The largest absolute Gasteiger partial charge is 0.480 e. The second kappa shape index (κ2) is 6.17. The number of hydrogen-bond donors (Lipinski definition) is 2. The predicted octanol–water partition coefficient (Wildman–Crippen LogP) is 0.614. The lowest BCUT2D eigenvalue weighted by atomic mass is 10.0. The number of carboxylic acids is 1. The molecule has 0 radical (unpaired) electrons. The summed E-state index contributed by atoms with van der Waals surface area (Å²) < 4.78 is 1.33. The Kier molecular flexibility index (Phi) is 4.86. The molecule has 0 aliphatic carbocycles. The first-order valence-corrected chi connectivity index (χ1v) is 6.01. The molecule has 0 fully saturated rings. The minimum Gasteiger partial charge on any atom is -0.480 e. The molecule has 0 aliphatic heterocycles. The third-order valence-electron chi connectivity index (χ3n) is 2.68. The Labute approximate surface area is 111 Å². The van der Waals surface area contributed by atoms with Crippen molar-refractivity contribution in [1.29, 1.82) is 0 Å². The Hall–Kier alpha value is -2.11. The first-order valence-electron chi connectivity index (χ1n) is 6.01. The number of aryl methyl sites for hydroxylation is 1. The van der Waals surface area contributed by atoms with Gasteiger partial charge in [0.05, 0.1) is 0 Å². The monoisotopic (exact) mass is 266 g/mol. The van der Waals surface area contributed by atoms with Gasteiger partial charge < -0.3 is 15.0 Å². The fourth-order valence-electron chi connectivity index (χ4n) is 1.62. The van der Waals surface area contributed by atoms with Crippen molar-refractivity contribution < 1.29 is 14.7 Å². The molecule has 1 aromatic heterocycles. The van der Waals surface area contributed by atoms with E-state index in [4.69, 9.17) is 5.11 Å². The van der Waals surface area contributed by atoms with Gasteiger partial charge in [-0.3, -0.25) is 9.59 Å². The standard InChI is InChI=1S/C13H18N2O4/c1-8(2)6-10(13(18)19)14-12(17)9-4-5-15(3)11(16)7-9/h4-5,7-8,10H,6H2,1-3H3,(H,14,17)(H,18,19). The molecule has 1 atom stereocenters. The highest BCUT2D eigenvalue weighted by Gasteiger charge is 2.21. The maximum absolute atomic E-state index is 11.9. The summed E-state index contributed by atoms with van der Waals surface area (Å²) in [7, 11) is 1.57. The Morgan fingerprint density at radius 2 is 2.05 bits per heavy atom. The molecule has 1 aromatic rings. The van der Waals surface area contributed by atoms with E-state index < -0.39 is 17.9 Å². The highest BCUT2D eigenvalue weighted by molar-refractivity contribution is 5.96. The van der Waals surface area contributed by atoms with Gasteiger partial charge in [-0.25, -0.2) is 4.79 Å². The average Bonchev–Trinajstić information content (AvgIpc) is 2.31. The van der Waals surface area contributed by atoms with Crippen molar-refractivity contribution in [2.45, 2.75) is 26.3 Å². The highest BCUT2D eigenvalue weighted by atomic mass is 16.4. The fraction of sp³-hybridized carbons (Fsp3) is 0.462. The zero-order chi connectivity index (χ0) is 14.6. The molecule has 0 spiro atoms. The van der Waals surface area contributed by atoms with Gasteiger partial charge in [0.2, 0.25) is 0 Å². The number of amides is 1. The Bertz CT molecular complexity index is 534. The van der Waals surface area contributed by atoms with E-state index in [0.29, 0.717) is 6.42 Å². The SMILES string of the molecule is CC(C)CC(NC(=O)c1ccn(C)c(=O)c1)C(=O)O. The molecule has 0 bridgehead atoms. The Balaban J connectivity index is 2.84. The highest BCUT2D eigenvalue weighted by Crippen LogP contribution is 2.06. The van der Waals surface area contributed by atoms with Gasteiger partial charge in [-0.15, -0.1) is 0 Å². The lowest BCUT2D eigenvalue weighted by Gasteiger charge is -2.16. The van der Waals surface area contributed by atoms with Crippen LogP contribution < -0.4 is 10.9 Å². The smallest absolute Gasteiger partial charge is 0.326 e. The van der Waals surface area contributed by atoms with E-state index in [-0.39, 0.29) is 17.0 Å². The van der Waals surface area contributed by atoms with Crippen molar-refractivity contribution in [3.8, 4) is 0 Å². The third kappa shape index (κ3) is 4.24. The van der Waals surface area contributed by atoms with Gasteiger partial charge in [-0.1, -0.05) is 13.8 Å². The first-order chi connectivity index (χ1) is 8.81. The van der Waals surface area contributed by atoms with Crippen molar-refractivity contribution in [2.24, 2.45) is 13.0 Å². The van der Waals surface area contributed by atoms with Gasteiger partial charge in [0.15, 0.2) is 0 Å². The number of aromatic nitrogens is 1. The number of pyridine rings is 1. The molecule has 0 saturated carbocycles. The van der Waals surface area contributed by atoms with E-state index in [9.17, 15) is 14.4 Å². The van der Waals surface area contributed by atoms with E-state index in [2.05, 4.69) is 5.32 Å². The maximum Gasteiger partial charge on any atom is 0.326 e. The van der Waals surface area contributed by atoms with E-state index in [0.717, 1.165) is 0 Å². The molecule has 0 aromatic carbocycles. The average molecular weight is 266 g/mol. The van der Waals surface area contributed by atoms with Gasteiger partial charge in [-0.05, 0) is 18.4 Å². The van der Waals surface area contributed by atoms with Crippen LogP contribution in [0.2, 0.25) is 0 Å². The molecule has 1 heterocycles. The second-order valence-electron chi connectivity index (χ2n) is 4.86. The summed E-state index contributed by atoms with van der Waals surface area (Å²) >= 11 is 0. The molecule has 0 saturated heterocycles. The molecule has 2 N–H and O–H groups in total. The van der Waals surface area contributed by atoms with Gasteiger partial charge in [0.25, 0.3) is 11.5 Å². The van der Waals surface area contributed by atoms with Crippen LogP contribution in [0.4, 0.5) is 0 Å². The summed E-state index contributed by atoms with van der Waals surface area (Å²) in [5, 5.41) is 11.5. The number of hydrogen-bond acceptors (Lipinski definition) is 3. The first kappa shape index (κ1) is 14.9. The van der Waals surface area contributed by atoms with E-state index in [1.54, 1.807) is 7.05 Å². The van der Waals surface area contributed by atoms with E-state index in [1.807, 2.05) is 13.8 Å². The predicted molar refractivity (Wildman–Crippen MR) is 70.0 cm³/mol. The van der Waals surface area contributed by atoms with Gasteiger partial charge in [0.1, 0.15) is 6.04 Å². The number of aliphatic carboxylic acids is 1. The molecule has 6 heteroatoms. The minimum atomic E-state index is -1.08. The van der Waals surface area contributed by atoms with Crippen LogP contribution in [0, 0.1) is 5.92 Å². The van der Waals surface area contributed by atoms with Crippen molar-refractivity contribution in [2.75, 3.05) is 0 Å². The van der Waals surface area contributed by atoms with Crippen molar-refractivity contribution >= 4 is 11.9 Å². The van der Waals surface area contributed by atoms with Crippen molar-refractivity contribution in [1.82, 2.24) is 9.88 Å². The molecular formula is C13H18N2O4. The summed E-state index contributed by atoms with van der Waals surface area (Å²) in [6, 6.07) is 1.71. The summed E-state index contributed by atoms with van der Waals surface area (Å²) in [6.07, 6.45) is 1.81. The molecule has 1 rings (SSSR count). The van der Waals surface area contributed by atoms with Crippen LogP contribution in [-0.2, 0) is 11.8 Å². The van der Waals surface area contributed by atoms with Gasteiger partial charge in [-0.2, -0.15) is 0 Å². The normalized spacial score (nSPS) is 12.2. The number of carbonyl (C=O) groups excluding carboxylic acids is 1. The Morgan fingerprint density at radius 1 is 1.42 bits per heavy atom. The number of nitrogens with one attached hydrogen (secondary N) is 1. The molecule has 19 heavy (non-hydrogen) atoms. The second-order valence-corrected chi connectivity index (χ2v) is 4.86. The van der Waals surface area contributed by atoms with Crippen LogP contribution >= 0.6 is 0 Å². The third-order valence-corrected chi connectivity index (χ3v) is 2.68. The molecule has 0 aliphatic rings. The zero-order valence-corrected chi connectivity index (χ0v) is 11.2. The van der Waals surface area contributed by atoms with Gasteiger partial charge >= 0.3 is 5.97 Å². The summed E-state index contributed by atoms with van der Waals surface area (Å²) in [4.78, 5) is 34.3. The van der Waals surface area contributed by atoms with E-state index >= 15 is 0 Å². The Morgan fingerprint density at radius 3 is 2.53 bits per heavy atom. The number of carbonyl (C=O) groups is 2. The van der Waals surface area contributed by atoms with Crippen LogP contribution in [0.1, 0.15) is 30.6 Å². The minimum absolute atomic E-state index is 0.144. The summed E-state index contributed by atoms with van der Waals surface area (Å²) in [6.45, 7) is 3.75. The molecule has 1 amide bonds. The topological polar surface area (TPSA) is 88.4 Å². The molecule has 6 nitrogen and oxygen atoms in total. The van der Waals surface area contributed by atoms with E-state index in [1.165, 1.54) is 22.9 Å². The lowest BCUT2D eigenvalue weighted by Crippen LogP contribution is -2.42. The molecule has 1 unspecified atom stereocenters. The number of nitrogens with zero attached hydrogens (tertiary/aromatic N) is 1. The van der Waals surface area contributed by atoms with Crippen LogP contribution in [0.25, 0.3) is 0 Å². The summed E-state index contributed by atoms with van der Waals surface area (Å²) in [5.41, 5.74) is -0.151. The van der Waals surface area contributed by atoms with Crippen molar-refractivity contribution in [3.63, 3.8) is 0 Å². The van der Waals surface area contributed by atoms with Crippen LogP contribution in [0.5, 0.6) is 0 Å². The van der Waals surface area contributed by atoms with Crippen molar-refractivity contribution in [3.05, 3.63) is 34.2 Å². The molecular weight excluding hydrogens is 248 g/mol.